The Bertz CT molecular complexity index is 715. The number of carbonyl (C=O) groups is 1. The number of benzene rings is 2. The number of nitrogens with one attached hydrogen (secondary N) is 1. The highest BCUT2D eigenvalue weighted by atomic mass is 16.5. The van der Waals surface area contributed by atoms with E-state index in [1.165, 1.54) is 0 Å². The van der Waals surface area contributed by atoms with E-state index in [4.69, 9.17) is 14.2 Å². The number of ether oxygens (including phenoxy) is 3. The third-order valence-electron chi connectivity index (χ3n) is 3.73. The summed E-state index contributed by atoms with van der Waals surface area (Å²) in [7, 11) is 1.59. The van der Waals surface area contributed by atoms with Crippen molar-refractivity contribution in [1.82, 2.24) is 5.32 Å². The predicted octanol–water partition coefficient (Wildman–Crippen LogP) is 3.27. The van der Waals surface area contributed by atoms with Crippen LogP contribution in [0.25, 0.3) is 0 Å². The Morgan fingerprint density at radius 1 is 1.08 bits per heavy atom. The van der Waals surface area contributed by atoms with E-state index in [1.807, 2.05) is 56.3 Å². The molecule has 5 heteroatoms. The van der Waals surface area contributed by atoms with Crippen molar-refractivity contribution in [1.29, 1.82) is 0 Å². The van der Waals surface area contributed by atoms with Gasteiger partial charge in [-0.3, -0.25) is 4.79 Å². The van der Waals surface area contributed by atoms with Crippen LogP contribution in [0.4, 0.5) is 0 Å². The van der Waals surface area contributed by atoms with Gasteiger partial charge in [0, 0.05) is 0 Å². The van der Waals surface area contributed by atoms with E-state index < -0.39 is 6.10 Å². The Morgan fingerprint density at radius 2 is 1.80 bits per heavy atom. The first-order valence-corrected chi connectivity index (χ1v) is 8.28. The van der Waals surface area contributed by atoms with Crippen molar-refractivity contribution in [2.24, 2.45) is 0 Å². The zero-order valence-electron chi connectivity index (χ0n) is 15.2. The van der Waals surface area contributed by atoms with Crippen molar-refractivity contribution in [2.75, 3.05) is 20.3 Å². The van der Waals surface area contributed by atoms with Crippen LogP contribution in [-0.4, -0.2) is 32.3 Å². The van der Waals surface area contributed by atoms with Crippen LogP contribution in [0, 0.1) is 13.8 Å². The smallest absolute Gasteiger partial charge is 0.260 e. The lowest BCUT2D eigenvalue weighted by molar-refractivity contribution is -0.127. The first-order chi connectivity index (χ1) is 12.0. The number of rotatable bonds is 8. The molecule has 0 aliphatic heterocycles. The summed E-state index contributed by atoms with van der Waals surface area (Å²) in [6, 6.07) is 13.3. The maximum absolute atomic E-state index is 12.1. The van der Waals surface area contributed by atoms with Crippen molar-refractivity contribution < 1.29 is 19.0 Å². The molecule has 1 N–H and O–H groups in total. The summed E-state index contributed by atoms with van der Waals surface area (Å²) in [5.74, 6) is 1.86. The Balaban J connectivity index is 1.77. The molecule has 0 saturated heterocycles. The number of amides is 1. The van der Waals surface area contributed by atoms with Gasteiger partial charge in [0.15, 0.2) is 17.6 Å². The number of hydrogen-bond acceptors (Lipinski definition) is 4. The standard InChI is InChI=1S/C20H25NO4/c1-14-9-10-17(15(2)13-14)25-16(3)20(22)21-11-12-24-19-8-6-5-7-18(19)23-4/h5-10,13,16H,11-12H2,1-4H3,(H,21,22)/t16-/m0/s1. The molecule has 0 radical (unpaired) electrons. The average molecular weight is 343 g/mol. The minimum absolute atomic E-state index is 0.177. The monoisotopic (exact) mass is 343 g/mol. The molecule has 1 atom stereocenters. The third kappa shape index (κ3) is 5.41. The van der Waals surface area contributed by atoms with Gasteiger partial charge in [-0.05, 0) is 44.5 Å². The van der Waals surface area contributed by atoms with Gasteiger partial charge in [-0.1, -0.05) is 29.8 Å². The second kappa shape index (κ2) is 8.97. The molecule has 0 aromatic heterocycles. The average Bonchev–Trinajstić information content (AvgIpc) is 2.61. The molecule has 0 bridgehead atoms. The number of para-hydroxylation sites is 2. The summed E-state index contributed by atoms with van der Waals surface area (Å²) in [5.41, 5.74) is 2.18. The fraction of sp³-hybridized carbons (Fsp3) is 0.350. The Kier molecular flexibility index (Phi) is 6.69. The van der Waals surface area contributed by atoms with E-state index in [9.17, 15) is 4.79 Å². The van der Waals surface area contributed by atoms with Crippen LogP contribution in [-0.2, 0) is 4.79 Å². The van der Waals surface area contributed by atoms with Gasteiger partial charge < -0.3 is 19.5 Å². The van der Waals surface area contributed by atoms with Crippen LogP contribution in [0.2, 0.25) is 0 Å². The second-order valence-corrected chi connectivity index (χ2v) is 5.82. The lowest BCUT2D eigenvalue weighted by Gasteiger charge is -2.17. The van der Waals surface area contributed by atoms with E-state index in [1.54, 1.807) is 14.0 Å². The summed E-state index contributed by atoms with van der Waals surface area (Å²) in [6.07, 6.45) is -0.576. The molecule has 0 aliphatic carbocycles. The van der Waals surface area contributed by atoms with Crippen LogP contribution in [0.3, 0.4) is 0 Å². The molecule has 2 aromatic carbocycles. The highest BCUT2D eigenvalue weighted by molar-refractivity contribution is 5.80. The van der Waals surface area contributed by atoms with Gasteiger partial charge in [0.05, 0.1) is 13.7 Å². The molecule has 0 saturated carbocycles. The fourth-order valence-electron chi connectivity index (χ4n) is 2.39. The molecular weight excluding hydrogens is 318 g/mol. The zero-order valence-corrected chi connectivity index (χ0v) is 15.2. The van der Waals surface area contributed by atoms with Gasteiger partial charge >= 0.3 is 0 Å². The third-order valence-corrected chi connectivity index (χ3v) is 3.73. The molecule has 134 valence electrons. The molecular formula is C20H25NO4. The van der Waals surface area contributed by atoms with Crippen LogP contribution >= 0.6 is 0 Å². The zero-order chi connectivity index (χ0) is 18.2. The van der Waals surface area contributed by atoms with Gasteiger partial charge in [-0.25, -0.2) is 0 Å². The molecule has 0 aliphatic rings. The quantitative estimate of drug-likeness (QED) is 0.748. The van der Waals surface area contributed by atoms with Crippen molar-refractivity contribution in [3.63, 3.8) is 0 Å². The first-order valence-electron chi connectivity index (χ1n) is 8.28. The maximum atomic E-state index is 12.1. The highest BCUT2D eigenvalue weighted by Gasteiger charge is 2.15. The topological polar surface area (TPSA) is 56.8 Å². The lowest BCUT2D eigenvalue weighted by atomic mass is 10.1. The van der Waals surface area contributed by atoms with Crippen molar-refractivity contribution in [3.05, 3.63) is 53.6 Å². The van der Waals surface area contributed by atoms with E-state index in [-0.39, 0.29) is 5.91 Å². The van der Waals surface area contributed by atoms with Gasteiger partial charge in [-0.15, -0.1) is 0 Å². The summed E-state index contributed by atoms with van der Waals surface area (Å²) in [5, 5.41) is 2.81. The van der Waals surface area contributed by atoms with Crippen molar-refractivity contribution in [2.45, 2.75) is 26.9 Å². The fourth-order valence-corrected chi connectivity index (χ4v) is 2.39. The van der Waals surface area contributed by atoms with Gasteiger partial charge in [-0.2, -0.15) is 0 Å². The molecule has 2 aromatic rings. The van der Waals surface area contributed by atoms with Gasteiger partial charge in [0.2, 0.25) is 0 Å². The Hall–Kier alpha value is -2.69. The number of aryl methyl sites for hydroxylation is 2. The SMILES string of the molecule is COc1ccccc1OCCNC(=O)[C@H](C)Oc1ccc(C)cc1C. The largest absolute Gasteiger partial charge is 0.493 e. The van der Waals surface area contributed by atoms with E-state index in [0.29, 0.717) is 24.7 Å². The lowest BCUT2D eigenvalue weighted by Crippen LogP contribution is -2.38. The van der Waals surface area contributed by atoms with Crippen molar-refractivity contribution in [3.8, 4) is 17.2 Å². The van der Waals surface area contributed by atoms with Crippen LogP contribution < -0.4 is 19.5 Å². The Morgan fingerprint density at radius 3 is 2.48 bits per heavy atom. The van der Waals surface area contributed by atoms with Crippen molar-refractivity contribution >= 4 is 5.91 Å². The molecule has 2 rings (SSSR count). The van der Waals surface area contributed by atoms with Gasteiger partial charge in [0.1, 0.15) is 12.4 Å². The van der Waals surface area contributed by atoms with Crippen LogP contribution in [0.5, 0.6) is 17.2 Å². The summed E-state index contributed by atoms with van der Waals surface area (Å²) in [6.45, 7) is 6.46. The normalized spacial score (nSPS) is 11.5. The van der Waals surface area contributed by atoms with Crippen LogP contribution in [0.1, 0.15) is 18.1 Å². The summed E-state index contributed by atoms with van der Waals surface area (Å²) < 4.78 is 16.6. The predicted molar refractivity (Wildman–Crippen MR) is 97.5 cm³/mol. The molecule has 5 nitrogen and oxygen atoms in total. The Labute approximate surface area is 148 Å². The maximum Gasteiger partial charge on any atom is 0.260 e. The number of carbonyl (C=O) groups excluding carboxylic acids is 1. The summed E-state index contributed by atoms with van der Waals surface area (Å²) >= 11 is 0. The van der Waals surface area contributed by atoms with Crippen LogP contribution in [0.15, 0.2) is 42.5 Å². The molecule has 1 amide bonds. The van der Waals surface area contributed by atoms with E-state index >= 15 is 0 Å². The number of hydrogen-bond donors (Lipinski definition) is 1. The second-order valence-electron chi connectivity index (χ2n) is 5.82. The van der Waals surface area contributed by atoms with E-state index in [0.717, 1.165) is 16.9 Å². The molecule has 25 heavy (non-hydrogen) atoms. The summed E-state index contributed by atoms with van der Waals surface area (Å²) in [4.78, 5) is 12.1. The minimum Gasteiger partial charge on any atom is -0.493 e. The molecule has 0 heterocycles. The minimum atomic E-state index is -0.576. The molecule has 0 spiro atoms. The van der Waals surface area contributed by atoms with Gasteiger partial charge in [0.25, 0.3) is 5.91 Å². The molecule has 0 unspecified atom stereocenters. The number of methoxy groups -OCH3 is 1. The van der Waals surface area contributed by atoms with E-state index in [2.05, 4.69) is 5.32 Å². The highest BCUT2D eigenvalue weighted by Crippen LogP contribution is 2.25. The molecule has 0 fully saturated rings. The first kappa shape index (κ1) is 18.6.